The van der Waals surface area contributed by atoms with Crippen molar-refractivity contribution in [3.63, 3.8) is 0 Å². The Morgan fingerprint density at radius 3 is 2.92 bits per heavy atom. The molecule has 0 spiro atoms. The molecule has 0 saturated carbocycles. The van der Waals surface area contributed by atoms with Crippen molar-refractivity contribution in [2.24, 2.45) is 5.92 Å². The first-order valence-electron chi connectivity index (χ1n) is 4.90. The van der Waals surface area contributed by atoms with Crippen LogP contribution in [0.4, 0.5) is 5.69 Å². The van der Waals surface area contributed by atoms with Crippen molar-refractivity contribution >= 4 is 5.69 Å². The Bertz CT molecular complexity index is 367. The van der Waals surface area contributed by atoms with Crippen molar-refractivity contribution < 1.29 is 0 Å². The van der Waals surface area contributed by atoms with Gasteiger partial charge in [-0.25, -0.2) is 0 Å². The number of fused-ring (bicyclic) bond motifs is 3. The third kappa shape index (κ3) is 0.873. The summed E-state index contributed by atoms with van der Waals surface area (Å²) in [5.41, 5.74) is 2.82. The van der Waals surface area contributed by atoms with Crippen molar-refractivity contribution in [1.82, 2.24) is 0 Å². The molecule has 0 fully saturated rings. The summed E-state index contributed by atoms with van der Waals surface area (Å²) in [7, 11) is 0. The number of hydrogen-bond donors (Lipinski definition) is 1. The SMILES string of the molecule is CC1C=CC2Nc3ccccc3C12. The lowest BCUT2D eigenvalue weighted by Gasteiger charge is -2.14. The molecule has 0 radical (unpaired) electrons. The summed E-state index contributed by atoms with van der Waals surface area (Å²) in [6, 6.07) is 9.20. The van der Waals surface area contributed by atoms with Gasteiger partial charge in [0.05, 0.1) is 6.04 Å². The van der Waals surface area contributed by atoms with Gasteiger partial charge in [-0.3, -0.25) is 0 Å². The van der Waals surface area contributed by atoms with Gasteiger partial charge >= 0.3 is 0 Å². The molecule has 0 amide bonds. The van der Waals surface area contributed by atoms with Crippen LogP contribution in [-0.2, 0) is 0 Å². The Hall–Kier alpha value is -1.24. The highest BCUT2D eigenvalue weighted by Crippen LogP contribution is 2.44. The van der Waals surface area contributed by atoms with E-state index in [1.54, 1.807) is 0 Å². The summed E-state index contributed by atoms with van der Waals surface area (Å²) >= 11 is 0. The molecule has 0 bridgehead atoms. The zero-order chi connectivity index (χ0) is 8.84. The molecule has 3 atom stereocenters. The summed E-state index contributed by atoms with van der Waals surface area (Å²) in [5, 5.41) is 3.54. The lowest BCUT2D eigenvalue weighted by atomic mass is 9.89. The van der Waals surface area contributed by atoms with Gasteiger partial charge in [0.15, 0.2) is 0 Å². The van der Waals surface area contributed by atoms with Gasteiger partial charge in [0.25, 0.3) is 0 Å². The lowest BCUT2D eigenvalue weighted by molar-refractivity contribution is 0.578. The fourth-order valence-corrected chi connectivity index (χ4v) is 2.57. The minimum Gasteiger partial charge on any atom is -0.378 e. The Labute approximate surface area is 78.5 Å². The number of allylic oxidation sites excluding steroid dienone is 1. The Morgan fingerprint density at radius 1 is 1.15 bits per heavy atom. The van der Waals surface area contributed by atoms with Gasteiger partial charge in [-0.15, -0.1) is 0 Å². The maximum atomic E-state index is 3.54. The summed E-state index contributed by atoms with van der Waals surface area (Å²) in [5.74, 6) is 1.36. The van der Waals surface area contributed by atoms with Crippen LogP contribution < -0.4 is 5.32 Å². The highest BCUT2D eigenvalue weighted by atomic mass is 15.0. The summed E-state index contributed by atoms with van der Waals surface area (Å²) in [6.45, 7) is 2.30. The maximum Gasteiger partial charge on any atom is 0.0519 e. The van der Waals surface area contributed by atoms with Gasteiger partial charge in [-0.1, -0.05) is 37.3 Å². The molecule has 1 aromatic rings. The maximum absolute atomic E-state index is 3.54. The van der Waals surface area contributed by atoms with Crippen molar-refractivity contribution in [2.75, 3.05) is 5.32 Å². The zero-order valence-corrected chi connectivity index (χ0v) is 7.70. The van der Waals surface area contributed by atoms with Crippen LogP contribution in [0.5, 0.6) is 0 Å². The standard InChI is InChI=1S/C12H13N/c1-8-6-7-11-12(8)9-4-2-3-5-10(9)13-11/h2-8,11-13H,1H3. The average molecular weight is 171 g/mol. The third-order valence-corrected chi connectivity index (χ3v) is 3.22. The fourth-order valence-electron chi connectivity index (χ4n) is 2.57. The molecule has 66 valence electrons. The highest BCUT2D eigenvalue weighted by Gasteiger charge is 2.36. The van der Waals surface area contributed by atoms with E-state index in [1.807, 2.05) is 0 Å². The number of hydrogen-bond acceptors (Lipinski definition) is 1. The van der Waals surface area contributed by atoms with Crippen molar-refractivity contribution in [3.8, 4) is 0 Å². The van der Waals surface area contributed by atoms with E-state index in [-0.39, 0.29) is 0 Å². The Morgan fingerprint density at radius 2 is 2.00 bits per heavy atom. The highest BCUT2D eigenvalue weighted by molar-refractivity contribution is 5.62. The summed E-state index contributed by atoms with van der Waals surface area (Å²) < 4.78 is 0. The molecule has 0 saturated heterocycles. The van der Waals surface area contributed by atoms with Gasteiger partial charge in [-0.05, 0) is 17.5 Å². The quantitative estimate of drug-likeness (QED) is 0.592. The molecule has 0 aromatic heterocycles. The van der Waals surface area contributed by atoms with Gasteiger partial charge in [-0.2, -0.15) is 0 Å². The number of benzene rings is 1. The van der Waals surface area contributed by atoms with Crippen LogP contribution in [0.3, 0.4) is 0 Å². The minimum atomic E-state index is 0.549. The predicted molar refractivity (Wildman–Crippen MR) is 54.9 cm³/mol. The molecular weight excluding hydrogens is 158 g/mol. The van der Waals surface area contributed by atoms with E-state index in [9.17, 15) is 0 Å². The molecule has 3 rings (SSSR count). The normalized spacial score (nSPS) is 34.1. The van der Waals surface area contributed by atoms with Crippen LogP contribution in [0.15, 0.2) is 36.4 Å². The van der Waals surface area contributed by atoms with Crippen LogP contribution in [0, 0.1) is 5.92 Å². The number of nitrogens with one attached hydrogen (secondary N) is 1. The molecule has 1 N–H and O–H groups in total. The van der Waals surface area contributed by atoms with E-state index in [1.165, 1.54) is 11.3 Å². The molecule has 1 aliphatic heterocycles. The van der Waals surface area contributed by atoms with E-state index in [0.717, 1.165) is 0 Å². The van der Waals surface area contributed by atoms with Crippen molar-refractivity contribution in [2.45, 2.75) is 18.9 Å². The monoisotopic (exact) mass is 171 g/mol. The largest absolute Gasteiger partial charge is 0.378 e. The van der Waals surface area contributed by atoms with Crippen molar-refractivity contribution in [3.05, 3.63) is 42.0 Å². The van der Waals surface area contributed by atoms with E-state index >= 15 is 0 Å². The van der Waals surface area contributed by atoms with Gasteiger partial charge in [0.2, 0.25) is 0 Å². The molecule has 1 nitrogen and oxygen atoms in total. The second-order valence-corrected chi connectivity index (χ2v) is 4.03. The predicted octanol–water partition coefficient (Wildman–Crippen LogP) is 2.77. The zero-order valence-electron chi connectivity index (χ0n) is 7.70. The fraction of sp³-hybridized carbons (Fsp3) is 0.333. The van der Waals surface area contributed by atoms with Gasteiger partial charge < -0.3 is 5.32 Å². The second kappa shape index (κ2) is 2.38. The molecule has 2 aliphatic rings. The minimum absolute atomic E-state index is 0.549. The molecule has 1 heterocycles. The first kappa shape index (κ1) is 7.19. The molecule has 1 aliphatic carbocycles. The van der Waals surface area contributed by atoms with Crippen LogP contribution in [-0.4, -0.2) is 6.04 Å². The Balaban J connectivity index is 2.11. The number of para-hydroxylation sites is 1. The topological polar surface area (TPSA) is 12.0 Å². The molecule has 13 heavy (non-hydrogen) atoms. The van der Waals surface area contributed by atoms with Crippen molar-refractivity contribution in [1.29, 1.82) is 0 Å². The van der Waals surface area contributed by atoms with Crippen LogP contribution in [0.2, 0.25) is 0 Å². The van der Waals surface area contributed by atoms with E-state index in [2.05, 4.69) is 48.7 Å². The van der Waals surface area contributed by atoms with E-state index in [0.29, 0.717) is 17.9 Å². The van der Waals surface area contributed by atoms with E-state index in [4.69, 9.17) is 0 Å². The first-order chi connectivity index (χ1) is 6.36. The van der Waals surface area contributed by atoms with Gasteiger partial charge in [0.1, 0.15) is 0 Å². The molecule has 1 aromatic carbocycles. The molecule has 1 heteroatoms. The number of rotatable bonds is 0. The summed E-state index contributed by atoms with van der Waals surface area (Å²) in [6.07, 6.45) is 4.62. The lowest BCUT2D eigenvalue weighted by Crippen LogP contribution is -2.16. The average Bonchev–Trinajstić information content (AvgIpc) is 2.66. The number of anilines is 1. The molecular formula is C12H13N. The smallest absolute Gasteiger partial charge is 0.0519 e. The molecule has 3 unspecified atom stereocenters. The van der Waals surface area contributed by atoms with Gasteiger partial charge in [0, 0.05) is 11.6 Å². The first-order valence-corrected chi connectivity index (χ1v) is 4.90. The van der Waals surface area contributed by atoms with Crippen LogP contribution >= 0.6 is 0 Å². The second-order valence-electron chi connectivity index (χ2n) is 4.03. The summed E-state index contributed by atoms with van der Waals surface area (Å²) in [4.78, 5) is 0. The van der Waals surface area contributed by atoms with E-state index < -0.39 is 0 Å². The van der Waals surface area contributed by atoms with Crippen LogP contribution in [0.1, 0.15) is 18.4 Å². The van der Waals surface area contributed by atoms with Crippen LogP contribution in [0.25, 0.3) is 0 Å². The Kier molecular flexibility index (Phi) is 1.32. The third-order valence-electron chi connectivity index (χ3n) is 3.22.